The number of nitrogens with one attached hydrogen (secondary N) is 1. The minimum atomic E-state index is -1.04. The van der Waals surface area contributed by atoms with Crippen LogP contribution in [0.2, 0.25) is 0 Å². The number of aliphatic carboxylic acids is 1. The van der Waals surface area contributed by atoms with Gasteiger partial charge in [-0.3, -0.25) is 0 Å². The Bertz CT molecular complexity index is 594. The van der Waals surface area contributed by atoms with E-state index in [1.54, 1.807) is 38.2 Å². The van der Waals surface area contributed by atoms with Crippen molar-refractivity contribution in [3.63, 3.8) is 0 Å². The molecular weight excluding hydrogens is 312 g/mol. The normalized spacial score (nSPS) is 13.0. The first-order valence-electron chi connectivity index (χ1n) is 7.69. The highest BCUT2D eigenvalue weighted by Crippen LogP contribution is 2.25. The molecule has 1 amide bonds. The van der Waals surface area contributed by atoms with E-state index in [-0.39, 0.29) is 12.3 Å². The SMILES string of the molecule is CN/C(C(=O)O)=C(\CCCC(C)O)c1ccc(COC(N)=O)cc1. The summed E-state index contributed by atoms with van der Waals surface area (Å²) in [5, 5.41) is 21.5. The second-order valence-corrected chi connectivity index (χ2v) is 5.45. The van der Waals surface area contributed by atoms with Crippen molar-refractivity contribution in [3.05, 3.63) is 41.1 Å². The van der Waals surface area contributed by atoms with Crippen LogP contribution < -0.4 is 11.1 Å². The van der Waals surface area contributed by atoms with Crippen molar-refractivity contribution >= 4 is 17.6 Å². The number of aliphatic hydroxyl groups excluding tert-OH is 1. The lowest BCUT2D eigenvalue weighted by molar-refractivity contribution is -0.132. The number of benzene rings is 1. The molecule has 0 aliphatic heterocycles. The van der Waals surface area contributed by atoms with E-state index in [1.165, 1.54) is 0 Å². The lowest BCUT2D eigenvalue weighted by atomic mass is 9.96. The van der Waals surface area contributed by atoms with Gasteiger partial charge in [0.25, 0.3) is 0 Å². The average Bonchev–Trinajstić information content (AvgIpc) is 2.52. The van der Waals surface area contributed by atoms with Crippen LogP contribution in [0.25, 0.3) is 5.57 Å². The van der Waals surface area contributed by atoms with Crippen molar-refractivity contribution in [2.45, 2.75) is 38.9 Å². The fourth-order valence-corrected chi connectivity index (χ4v) is 2.33. The van der Waals surface area contributed by atoms with Crippen molar-refractivity contribution < 1.29 is 24.5 Å². The molecular formula is C17H24N2O5. The molecule has 7 heteroatoms. The molecule has 0 heterocycles. The minimum Gasteiger partial charge on any atom is -0.477 e. The Balaban J connectivity index is 3.01. The number of aliphatic hydroxyl groups is 1. The highest BCUT2D eigenvalue weighted by Gasteiger charge is 2.15. The van der Waals surface area contributed by atoms with Crippen LogP contribution in [-0.2, 0) is 16.1 Å². The second kappa shape index (κ2) is 9.57. The molecule has 1 unspecified atom stereocenters. The summed E-state index contributed by atoms with van der Waals surface area (Å²) in [6.07, 6.45) is 0.497. The van der Waals surface area contributed by atoms with E-state index >= 15 is 0 Å². The van der Waals surface area contributed by atoms with Gasteiger partial charge in [-0.25, -0.2) is 9.59 Å². The van der Waals surface area contributed by atoms with Crippen LogP contribution in [0.4, 0.5) is 4.79 Å². The highest BCUT2D eigenvalue weighted by atomic mass is 16.5. The Morgan fingerprint density at radius 3 is 2.38 bits per heavy atom. The molecule has 0 saturated heterocycles. The number of amides is 1. The number of carbonyl (C=O) groups is 2. The van der Waals surface area contributed by atoms with Crippen LogP contribution in [0.5, 0.6) is 0 Å². The zero-order valence-corrected chi connectivity index (χ0v) is 13.9. The van der Waals surface area contributed by atoms with Gasteiger partial charge in [-0.1, -0.05) is 24.3 Å². The summed E-state index contributed by atoms with van der Waals surface area (Å²) >= 11 is 0. The van der Waals surface area contributed by atoms with Crippen LogP contribution in [-0.4, -0.2) is 35.4 Å². The largest absolute Gasteiger partial charge is 0.477 e. The molecule has 0 radical (unpaired) electrons. The number of hydrogen-bond acceptors (Lipinski definition) is 5. The van der Waals surface area contributed by atoms with Gasteiger partial charge in [0, 0.05) is 7.05 Å². The van der Waals surface area contributed by atoms with E-state index < -0.39 is 18.2 Å². The molecule has 1 aromatic carbocycles. The lowest BCUT2D eigenvalue weighted by Crippen LogP contribution is -2.18. The molecule has 132 valence electrons. The zero-order chi connectivity index (χ0) is 18.1. The van der Waals surface area contributed by atoms with Gasteiger partial charge in [-0.15, -0.1) is 0 Å². The number of carboxylic acid groups (broad SMARTS) is 1. The maximum atomic E-state index is 11.4. The van der Waals surface area contributed by atoms with Gasteiger partial charge in [0.1, 0.15) is 12.3 Å². The summed E-state index contributed by atoms with van der Waals surface area (Å²) in [5.74, 6) is -1.04. The molecule has 0 aliphatic carbocycles. The van der Waals surface area contributed by atoms with E-state index in [4.69, 9.17) is 10.5 Å². The third-order valence-corrected chi connectivity index (χ3v) is 3.50. The Kier molecular flexibility index (Phi) is 7.77. The fraction of sp³-hybridized carbons (Fsp3) is 0.412. The molecule has 0 aromatic heterocycles. The van der Waals surface area contributed by atoms with Gasteiger partial charge in [-0.2, -0.15) is 0 Å². The standard InChI is InChI=1S/C17H24N2O5/c1-11(20)4-3-5-14(15(19-2)16(21)22)13-8-6-12(7-9-13)10-24-17(18)23/h6-9,11,19-20H,3-5,10H2,1-2H3,(H2,18,23)(H,21,22)/b15-14+. The molecule has 24 heavy (non-hydrogen) atoms. The number of carboxylic acids is 1. The summed E-state index contributed by atoms with van der Waals surface area (Å²) in [6, 6.07) is 7.06. The number of allylic oxidation sites excluding steroid dienone is 1. The van der Waals surface area contributed by atoms with Gasteiger partial charge in [0.2, 0.25) is 0 Å². The second-order valence-electron chi connectivity index (χ2n) is 5.45. The van der Waals surface area contributed by atoms with Crippen LogP contribution in [0, 0.1) is 0 Å². The maximum absolute atomic E-state index is 11.4. The molecule has 1 aromatic rings. The molecule has 0 spiro atoms. The minimum absolute atomic E-state index is 0.0640. The Morgan fingerprint density at radius 1 is 1.29 bits per heavy atom. The quantitative estimate of drug-likeness (QED) is 0.511. The first-order chi connectivity index (χ1) is 11.3. The summed E-state index contributed by atoms with van der Waals surface area (Å²) in [7, 11) is 1.56. The Hall–Kier alpha value is -2.54. The topological polar surface area (TPSA) is 122 Å². The summed E-state index contributed by atoms with van der Waals surface area (Å²) in [5.41, 5.74) is 7.22. The van der Waals surface area contributed by atoms with Crippen molar-refractivity contribution in [3.8, 4) is 0 Å². The van der Waals surface area contributed by atoms with Crippen LogP contribution in [0.1, 0.15) is 37.3 Å². The molecule has 1 atom stereocenters. The van der Waals surface area contributed by atoms with E-state index in [2.05, 4.69) is 5.32 Å². The molecule has 0 fully saturated rings. The smallest absolute Gasteiger partial charge is 0.404 e. The van der Waals surface area contributed by atoms with Crippen molar-refractivity contribution in [1.82, 2.24) is 5.32 Å². The number of primary amides is 1. The third-order valence-electron chi connectivity index (χ3n) is 3.50. The number of rotatable bonds is 9. The van der Waals surface area contributed by atoms with Gasteiger partial charge in [-0.05, 0) is 42.9 Å². The molecule has 0 saturated carbocycles. The first kappa shape index (κ1) is 19.5. The number of carbonyl (C=O) groups excluding carboxylic acids is 1. The molecule has 7 nitrogen and oxygen atoms in total. The van der Waals surface area contributed by atoms with E-state index in [9.17, 15) is 19.8 Å². The molecule has 0 bridgehead atoms. The lowest BCUT2D eigenvalue weighted by Gasteiger charge is -2.14. The molecule has 5 N–H and O–H groups in total. The van der Waals surface area contributed by atoms with Gasteiger partial charge in [0.05, 0.1) is 6.10 Å². The van der Waals surface area contributed by atoms with E-state index in [1.807, 2.05) is 0 Å². The van der Waals surface area contributed by atoms with E-state index in [0.29, 0.717) is 24.8 Å². The van der Waals surface area contributed by atoms with Crippen LogP contribution in [0.15, 0.2) is 30.0 Å². The predicted octanol–water partition coefficient (Wildman–Crippen LogP) is 1.85. The van der Waals surface area contributed by atoms with Gasteiger partial charge >= 0.3 is 12.1 Å². The fourth-order valence-electron chi connectivity index (χ4n) is 2.33. The average molecular weight is 336 g/mol. The third kappa shape index (κ3) is 6.29. The number of hydrogen-bond donors (Lipinski definition) is 4. The first-order valence-corrected chi connectivity index (χ1v) is 7.69. The van der Waals surface area contributed by atoms with Crippen LogP contribution >= 0.6 is 0 Å². The van der Waals surface area contributed by atoms with Gasteiger partial charge in [0.15, 0.2) is 0 Å². The van der Waals surface area contributed by atoms with Crippen molar-refractivity contribution in [2.24, 2.45) is 5.73 Å². The highest BCUT2D eigenvalue weighted by molar-refractivity contribution is 5.95. The van der Waals surface area contributed by atoms with Gasteiger partial charge < -0.3 is 26.0 Å². The Morgan fingerprint density at radius 2 is 1.92 bits per heavy atom. The zero-order valence-electron chi connectivity index (χ0n) is 13.9. The summed E-state index contributed by atoms with van der Waals surface area (Å²) < 4.78 is 4.72. The van der Waals surface area contributed by atoms with Crippen molar-refractivity contribution in [1.29, 1.82) is 0 Å². The maximum Gasteiger partial charge on any atom is 0.404 e. The summed E-state index contributed by atoms with van der Waals surface area (Å²) in [6.45, 7) is 1.77. The molecule has 0 aliphatic rings. The monoisotopic (exact) mass is 336 g/mol. The number of ether oxygens (including phenoxy) is 1. The number of nitrogens with two attached hydrogens (primary N) is 1. The summed E-state index contributed by atoms with van der Waals surface area (Å²) in [4.78, 5) is 22.1. The molecule has 1 rings (SSSR count). The predicted molar refractivity (Wildman–Crippen MR) is 90.0 cm³/mol. The van der Waals surface area contributed by atoms with Crippen molar-refractivity contribution in [2.75, 3.05) is 7.05 Å². The number of likely N-dealkylation sites (N-methyl/N-ethyl adjacent to an activating group) is 1. The van der Waals surface area contributed by atoms with Crippen LogP contribution in [0.3, 0.4) is 0 Å². The Labute approximate surface area is 141 Å². The van der Waals surface area contributed by atoms with E-state index in [0.717, 1.165) is 11.1 Å².